The summed E-state index contributed by atoms with van der Waals surface area (Å²) >= 11 is 5.87. The molecule has 0 spiro atoms. The van der Waals surface area contributed by atoms with E-state index in [4.69, 9.17) is 25.8 Å². The van der Waals surface area contributed by atoms with Gasteiger partial charge in [-0.1, -0.05) is 23.8 Å². The van der Waals surface area contributed by atoms with Gasteiger partial charge >= 0.3 is 0 Å². The lowest BCUT2D eigenvalue weighted by Crippen LogP contribution is -2.33. The molecular weight excluding hydrogens is 512 g/mol. The lowest BCUT2D eigenvalue weighted by Gasteiger charge is -2.23. The quantitative estimate of drug-likeness (QED) is 0.379. The van der Waals surface area contributed by atoms with E-state index in [1.807, 2.05) is 12.2 Å². The van der Waals surface area contributed by atoms with Crippen LogP contribution in [0, 0.1) is 0 Å². The van der Waals surface area contributed by atoms with E-state index in [0.717, 1.165) is 0 Å². The zero-order valence-corrected chi connectivity index (χ0v) is 21.6. The van der Waals surface area contributed by atoms with Crippen molar-refractivity contribution in [3.8, 4) is 17.4 Å². The third-order valence-electron chi connectivity index (χ3n) is 5.72. The van der Waals surface area contributed by atoms with Crippen molar-refractivity contribution in [2.45, 2.75) is 37.0 Å². The monoisotopic (exact) mass is 536 g/mol. The molecule has 1 N–H and O–H groups in total. The number of rotatable bonds is 10. The van der Waals surface area contributed by atoms with E-state index in [2.05, 4.69) is 34.9 Å². The molecule has 15 heteroatoms. The summed E-state index contributed by atoms with van der Waals surface area (Å²) in [5, 5.41) is 7.67. The molecule has 0 aromatic carbocycles. The van der Waals surface area contributed by atoms with E-state index >= 15 is 0 Å². The van der Waals surface area contributed by atoms with Crippen LogP contribution in [0.25, 0.3) is 5.69 Å². The van der Waals surface area contributed by atoms with Gasteiger partial charge in [-0.2, -0.15) is 9.97 Å². The van der Waals surface area contributed by atoms with Gasteiger partial charge in [0.2, 0.25) is 27.7 Å². The molecule has 0 radical (unpaired) electrons. The van der Waals surface area contributed by atoms with Crippen molar-refractivity contribution in [3.05, 3.63) is 47.5 Å². The van der Waals surface area contributed by atoms with E-state index in [1.54, 1.807) is 0 Å². The van der Waals surface area contributed by atoms with Gasteiger partial charge in [-0.25, -0.2) is 18.4 Å². The van der Waals surface area contributed by atoms with Gasteiger partial charge in [-0.3, -0.25) is 9.29 Å². The van der Waals surface area contributed by atoms with Gasteiger partial charge in [0, 0.05) is 25.4 Å². The van der Waals surface area contributed by atoms with Crippen LogP contribution < -0.4 is 14.2 Å². The topological polar surface area (TPSA) is 156 Å². The number of allylic oxidation sites excluding steroid dienone is 2. The fourth-order valence-corrected chi connectivity index (χ4v) is 5.10. The van der Waals surface area contributed by atoms with Crippen molar-refractivity contribution >= 4 is 27.6 Å². The molecule has 0 aliphatic heterocycles. The van der Waals surface area contributed by atoms with Gasteiger partial charge in [0.1, 0.15) is 23.5 Å². The second-order valence-corrected chi connectivity index (χ2v) is 10.3. The maximum atomic E-state index is 13.5. The fourth-order valence-electron chi connectivity index (χ4n) is 3.87. The van der Waals surface area contributed by atoms with Gasteiger partial charge < -0.3 is 14.2 Å². The number of hydrogen-bond acceptors (Lipinski definition) is 11. The van der Waals surface area contributed by atoms with E-state index in [9.17, 15) is 8.42 Å². The largest absolute Gasteiger partial charge is 0.479 e. The Balaban J connectivity index is 1.77. The van der Waals surface area contributed by atoms with Crippen molar-refractivity contribution in [2.24, 2.45) is 0 Å². The minimum atomic E-state index is -4.11. The van der Waals surface area contributed by atoms with Crippen LogP contribution in [0.5, 0.6) is 11.8 Å². The highest BCUT2D eigenvalue weighted by molar-refractivity contribution is 7.93. The third kappa shape index (κ3) is 4.96. The number of aromatic nitrogens is 7. The SMILES string of the molecule is COc1ncnc(OC)c1-n1c(NS(=O)(=O)C(C)C(OC)c2ncc(Cl)cn2)nnc1C1CC=CC1. The number of nitrogens with zero attached hydrogens (tertiary/aromatic N) is 7. The number of nitrogens with one attached hydrogen (secondary N) is 1. The summed E-state index contributed by atoms with van der Waals surface area (Å²) in [5.41, 5.74) is 0.268. The van der Waals surface area contributed by atoms with Crippen LogP contribution in [-0.2, 0) is 14.8 Å². The number of hydrogen-bond donors (Lipinski definition) is 1. The first-order valence-corrected chi connectivity index (χ1v) is 12.8. The summed E-state index contributed by atoms with van der Waals surface area (Å²) < 4.78 is 47.4. The van der Waals surface area contributed by atoms with Gasteiger partial charge in [-0.15, -0.1) is 10.2 Å². The Bertz CT molecular complexity index is 1320. The molecule has 3 aromatic rings. The minimum Gasteiger partial charge on any atom is -0.479 e. The van der Waals surface area contributed by atoms with Crippen LogP contribution in [0.3, 0.4) is 0 Å². The van der Waals surface area contributed by atoms with E-state index in [-0.39, 0.29) is 35.1 Å². The average Bonchev–Trinajstić information content (AvgIpc) is 3.54. The highest BCUT2D eigenvalue weighted by atomic mass is 35.5. The summed E-state index contributed by atoms with van der Waals surface area (Å²) in [6.07, 6.45) is 8.51. The maximum absolute atomic E-state index is 13.5. The summed E-state index contributed by atoms with van der Waals surface area (Å²) in [5.74, 6) is 0.859. The van der Waals surface area contributed by atoms with Crippen molar-refractivity contribution in [1.82, 2.24) is 34.7 Å². The molecule has 3 heterocycles. The molecular formula is C21H25ClN8O5S. The van der Waals surface area contributed by atoms with E-state index in [0.29, 0.717) is 23.7 Å². The molecule has 2 atom stereocenters. The number of methoxy groups -OCH3 is 3. The predicted octanol–water partition coefficient (Wildman–Crippen LogP) is 2.47. The van der Waals surface area contributed by atoms with Crippen LogP contribution in [0.15, 0.2) is 30.9 Å². The normalized spacial score (nSPS) is 15.6. The highest BCUT2D eigenvalue weighted by Crippen LogP contribution is 2.37. The molecule has 3 aromatic heterocycles. The predicted molar refractivity (Wildman–Crippen MR) is 130 cm³/mol. The second kappa shape index (κ2) is 10.7. The van der Waals surface area contributed by atoms with Gasteiger partial charge in [0.25, 0.3) is 0 Å². The van der Waals surface area contributed by atoms with Gasteiger partial charge in [0.15, 0.2) is 11.5 Å². The maximum Gasteiger partial charge on any atom is 0.245 e. The molecule has 13 nitrogen and oxygen atoms in total. The average molecular weight is 537 g/mol. The second-order valence-electron chi connectivity index (χ2n) is 7.87. The Morgan fingerprint density at radius 1 is 1.03 bits per heavy atom. The molecule has 0 bridgehead atoms. The first-order valence-electron chi connectivity index (χ1n) is 10.9. The summed E-state index contributed by atoms with van der Waals surface area (Å²) in [4.78, 5) is 16.5. The van der Waals surface area contributed by atoms with Crippen LogP contribution >= 0.6 is 11.6 Å². The van der Waals surface area contributed by atoms with E-state index < -0.39 is 21.4 Å². The highest BCUT2D eigenvalue weighted by Gasteiger charge is 2.36. The lowest BCUT2D eigenvalue weighted by atomic mass is 10.1. The van der Waals surface area contributed by atoms with Gasteiger partial charge in [-0.05, 0) is 19.8 Å². The molecule has 1 aliphatic carbocycles. The Morgan fingerprint density at radius 3 is 2.19 bits per heavy atom. The lowest BCUT2D eigenvalue weighted by molar-refractivity contribution is 0.0950. The zero-order valence-electron chi connectivity index (χ0n) is 20.0. The molecule has 2 unspecified atom stereocenters. The molecule has 0 amide bonds. The number of anilines is 1. The van der Waals surface area contributed by atoms with Crippen molar-refractivity contribution < 1.29 is 22.6 Å². The molecule has 0 fully saturated rings. The molecule has 4 rings (SSSR count). The molecule has 36 heavy (non-hydrogen) atoms. The third-order valence-corrected chi connectivity index (χ3v) is 7.61. The van der Waals surface area contributed by atoms with Crippen molar-refractivity contribution in [2.75, 3.05) is 26.1 Å². The number of ether oxygens (including phenoxy) is 3. The van der Waals surface area contributed by atoms with Crippen LogP contribution in [-0.4, -0.2) is 69.7 Å². The first-order chi connectivity index (χ1) is 17.3. The smallest absolute Gasteiger partial charge is 0.245 e. The standard InChI is InChI=1S/C21H25ClN8O5S/c1-12(16(33-2)17-23-9-14(22)10-24-17)36(31,32)29-21-28-27-18(13-7-5-6-8-13)30(21)15-19(34-3)25-11-26-20(15)35-4/h5-6,9-13,16H,7-8H2,1-4H3,(H,28,29). The molecule has 0 saturated heterocycles. The van der Waals surface area contributed by atoms with Crippen molar-refractivity contribution in [1.29, 1.82) is 0 Å². The van der Waals surface area contributed by atoms with Gasteiger partial charge in [0.05, 0.1) is 19.2 Å². The Labute approximate surface area is 213 Å². The van der Waals surface area contributed by atoms with Crippen LogP contribution in [0.2, 0.25) is 5.02 Å². The molecule has 0 saturated carbocycles. The summed E-state index contributed by atoms with van der Waals surface area (Å²) in [6, 6.07) is 0. The summed E-state index contributed by atoms with van der Waals surface area (Å²) in [7, 11) is 0.139. The summed E-state index contributed by atoms with van der Waals surface area (Å²) in [6.45, 7) is 1.48. The molecule has 1 aliphatic rings. The van der Waals surface area contributed by atoms with Crippen LogP contribution in [0.4, 0.5) is 5.95 Å². The Hall–Kier alpha value is -3.36. The minimum absolute atomic E-state index is 0.0445. The fraction of sp³-hybridized carbons (Fsp3) is 0.429. The number of halogens is 1. The molecule has 192 valence electrons. The van der Waals surface area contributed by atoms with Crippen LogP contribution in [0.1, 0.15) is 43.4 Å². The Kier molecular flexibility index (Phi) is 7.66. The Morgan fingerprint density at radius 2 is 1.64 bits per heavy atom. The number of sulfonamides is 1. The zero-order chi connectivity index (χ0) is 25.9. The van der Waals surface area contributed by atoms with Crippen molar-refractivity contribution in [3.63, 3.8) is 0 Å². The van der Waals surface area contributed by atoms with E-state index in [1.165, 1.54) is 51.5 Å². The first kappa shape index (κ1) is 25.7.